The summed E-state index contributed by atoms with van der Waals surface area (Å²) in [6.07, 6.45) is 3.16. The minimum absolute atomic E-state index is 0.346. The van der Waals surface area contributed by atoms with Crippen molar-refractivity contribution in [3.05, 3.63) is 30.1 Å². The van der Waals surface area contributed by atoms with Crippen molar-refractivity contribution in [1.29, 1.82) is 0 Å². The number of β-amino-alcohol motifs (C(OH)–C–C–N with tert-alkyl or cyclic N) is 1. The van der Waals surface area contributed by atoms with Crippen LogP contribution in [0.4, 0.5) is 0 Å². The van der Waals surface area contributed by atoms with E-state index in [1.807, 2.05) is 12.1 Å². The van der Waals surface area contributed by atoms with Crippen LogP contribution in [0.3, 0.4) is 0 Å². The van der Waals surface area contributed by atoms with Crippen molar-refractivity contribution in [2.75, 3.05) is 13.2 Å². The number of pyridine rings is 1. The van der Waals surface area contributed by atoms with Crippen molar-refractivity contribution in [2.45, 2.75) is 12.6 Å². The highest BCUT2D eigenvalue weighted by atomic mass is 16.7. The summed E-state index contributed by atoms with van der Waals surface area (Å²) >= 11 is 0. The van der Waals surface area contributed by atoms with Gasteiger partial charge in [0, 0.05) is 18.9 Å². The average molecular weight is 180 g/mol. The third kappa shape index (κ3) is 2.24. The predicted octanol–water partition coefficient (Wildman–Crippen LogP) is 0.190. The molecule has 13 heavy (non-hydrogen) atoms. The fourth-order valence-electron chi connectivity index (χ4n) is 1.33. The van der Waals surface area contributed by atoms with Gasteiger partial charge in [-0.05, 0) is 17.7 Å². The van der Waals surface area contributed by atoms with Crippen LogP contribution in [0, 0.1) is 0 Å². The Morgan fingerprint density at radius 2 is 2.31 bits per heavy atom. The van der Waals surface area contributed by atoms with Gasteiger partial charge in [0.05, 0.1) is 19.3 Å². The highest BCUT2D eigenvalue weighted by Gasteiger charge is 2.20. The van der Waals surface area contributed by atoms with Gasteiger partial charge in [0.2, 0.25) is 0 Å². The van der Waals surface area contributed by atoms with Gasteiger partial charge < -0.3 is 5.11 Å². The van der Waals surface area contributed by atoms with E-state index in [0.717, 1.165) is 5.56 Å². The fourth-order valence-corrected chi connectivity index (χ4v) is 1.33. The van der Waals surface area contributed by atoms with Gasteiger partial charge in [-0.1, -0.05) is 0 Å². The first kappa shape index (κ1) is 8.62. The Morgan fingerprint density at radius 1 is 1.54 bits per heavy atom. The predicted molar refractivity (Wildman–Crippen MR) is 46.6 cm³/mol. The normalized spacial score (nSPS) is 23.6. The number of nitrogens with zero attached hydrogens (tertiary/aromatic N) is 2. The Kier molecular flexibility index (Phi) is 2.54. The number of aromatic nitrogens is 1. The summed E-state index contributed by atoms with van der Waals surface area (Å²) in [7, 11) is 0. The number of aliphatic hydroxyl groups excluding tert-OH is 1. The first-order valence-electron chi connectivity index (χ1n) is 4.29. The molecule has 1 atom stereocenters. The zero-order valence-corrected chi connectivity index (χ0v) is 7.26. The molecule has 1 aliphatic heterocycles. The maximum atomic E-state index is 9.20. The van der Waals surface area contributed by atoms with Gasteiger partial charge in [-0.15, -0.1) is 0 Å². The quantitative estimate of drug-likeness (QED) is 0.705. The summed E-state index contributed by atoms with van der Waals surface area (Å²) in [4.78, 5) is 9.16. The molecule has 0 aromatic carbocycles. The highest BCUT2D eigenvalue weighted by molar-refractivity contribution is 5.09. The topological polar surface area (TPSA) is 45.6 Å². The van der Waals surface area contributed by atoms with Gasteiger partial charge in [0.25, 0.3) is 0 Å². The molecule has 2 heterocycles. The lowest BCUT2D eigenvalue weighted by atomic mass is 10.2. The van der Waals surface area contributed by atoms with E-state index in [1.54, 1.807) is 17.5 Å². The molecule has 1 saturated heterocycles. The molecular formula is C9H12N2O2. The third-order valence-corrected chi connectivity index (χ3v) is 1.97. The first-order chi connectivity index (χ1) is 6.34. The van der Waals surface area contributed by atoms with E-state index < -0.39 is 0 Å². The van der Waals surface area contributed by atoms with Gasteiger partial charge in [0.1, 0.15) is 0 Å². The van der Waals surface area contributed by atoms with Crippen LogP contribution in [0.25, 0.3) is 0 Å². The molecule has 0 bridgehead atoms. The molecule has 1 N–H and O–H groups in total. The summed E-state index contributed by atoms with van der Waals surface area (Å²) in [6.45, 7) is 1.70. The molecule has 2 rings (SSSR count). The van der Waals surface area contributed by atoms with Gasteiger partial charge in [-0.2, -0.15) is 5.06 Å². The van der Waals surface area contributed by atoms with E-state index in [-0.39, 0.29) is 6.10 Å². The lowest BCUT2D eigenvalue weighted by molar-refractivity contribution is -0.117. The molecule has 1 aromatic heterocycles. The van der Waals surface area contributed by atoms with Gasteiger partial charge in [0.15, 0.2) is 0 Å². The largest absolute Gasteiger partial charge is 0.389 e. The smallest absolute Gasteiger partial charge is 0.0958 e. The van der Waals surface area contributed by atoms with Crippen molar-refractivity contribution < 1.29 is 9.94 Å². The molecule has 70 valence electrons. The van der Waals surface area contributed by atoms with Crippen LogP contribution in [-0.4, -0.2) is 34.4 Å². The average Bonchev–Trinajstić information content (AvgIpc) is 2.53. The molecule has 1 aromatic rings. The second-order valence-electron chi connectivity index (χ2n) is 3.13. The van der Waals surface area contributed by atoms with Crippen LogP contribution in [0.5, 0.6) is 0 Å². The van der Waals surface area contributed by atoms with E-state index >= 15 is 0 Å². The summed E-state index contributed by atoms with van der Waals surface area (Å²) < 4.78 is 0. The molecule has 4 nitrogen and oxygen atoms in total. The van der Waals surface area contributed by atoms with Crippen LogP contribution in [0.2, 0.25) is 0 Å². The second kappa shape index (κ2) is 3.83. The zero-order chi connectivity index (χ0) is 9.10. The number of hydrogen-bond acceptors (Lipinski definition) is 4. The lowest BCUT2D eigenvalue weighted by Crippen LogP contribution is -2.20. The van der Waals surface area contributed by atoms with Crippen LogP contribution in [0.15, 0.2) is 24.5 Å². The van der Waals surface area contributed by atoms with Gasteiger partial charge >= 0.3 is 0 Å². The molecule has 1 aliphatic rings. The first-order valence-corrected chi connectivity index (χ1v) is 4.29. The minimum atomic E-state index is -0.346. The SMILES string of the molecule is O[C@H]1CON(Cc2ccncc2)C1. The molecule has 0 aliphatic carbocycles. The maximum Gasteiger partial charge on any atom is 0.0958 e. The monoisotopic (exact) mass is 180 g/mol. The number of hydroxylamine groups is 2. The molecule has 0 spiro atoms. The van der Waals surface area contributed by atoms with E-state index in [0.29, 0.717) is 19.7 Å². The Labute approximate surface area is 76.7 Å². The van der Waals surface area contributed by atoms with Crippen molar-refractivity contribution in [2.24, 2.45) is 0 Å². The zero-order valence-electron chi connectivity index (χ0n) is 7.26. The Balaban J connectivity index is 1.92. The Hall–Kier alpha value is -0.970. The summed E-state index contributed by atoms with van der Waals surface area (Å²) in [5.41, 5.74) is 1.14. The second-order valence-corrected chi connectivity index (χ2v) is 3.13. The van der Waals surface area contributed by atoms with E-state index in [9.17, 15) is 5.11 Å². The Bertz CT molecular complexity index is 266. The van der Waals surface area contributed by atoms with Crippen molar-refractivity contribution in [3.63, 3.8) is 0 Å². The standard InChI is InChI=1S/C9H12N2O2/c12-9-6-11(13-7-9)5-8-1-3-10-4-2-8/h1-4,9,12H,5-7H2/t9-/m1/s1. The molecule has 0 saturated carbocycles. The summed E-state index contributed by atoms with van der Waals surface area (Å²) in [5.74, 6) is 0. The summed E-state index contributed by atoms with van der Waals surface area (Å²) in [5, 5.41) is 11.0. The Morgan fingerprint density at radius 3 is 2.92 bits per heavy atom. The maximum absolute atomic E-state index is 9.20. The van der Waals surface area contributed by atoms with Crippen LogP contribution in [-0.2, 0) is 11.4 Å². The van der Waals surface area contributed by atoms with Crippen LogP contribution >= 0.6 is 0 Å². The number of hydrogen-bond donors (Lipinski definition) is 1. The molecule has 4 heteroatoms. The van der Waals surface area contributed by atoms with E-state index in [4.69, 9.17) is 4.84 Å². The fraction of sp³-hybridized carbons (Fsp3) is 0.444. The van der Waals surface area contributed by atoms with Crippen LogP contribution < -0.4 is 0 Å². The van der Waals surface area contributed by atoms with Gasteiger partial charge in [-0.3, -0.25) is 9.82 Å². The van der Waals surface area contributed by atoms with Crippen molar-refractivity contribution in [1.82, 2.24) is 10.0 Å². The number of aliphatic hydroxyl groups is 1. The summed E-state index contributed by atoms with van der Waals surface area (Å²) in [6, 6.07) is 3.88. The van der Waals surface area contributed by atoms with E-state index in [1.165, 1.54) is 0 Å². The number of rotatable bonds is 2. The van der Waals surface area contributed by atoms with Crippen molar-refractivity contribution in [3.8, 4) is 0 Å². The molecule has 1 fully saturated rings. The van der Waals surface area contributed by atoms with E-state index in [2.05, 4.69) is 4.98 Å². The lowest BCUT2D eigenvalue weighted by Gasteiger charge is -2.12. The molecule has 0 radical (unpaired) electrons. The third-order valence-electron chi connectivity index (χ3n) is 1.97. The van der Waals surface area contributed by atoms with Crippen LogP contribution in [0.1, 0.15) is 5.56 Å². The molecule has 0 unspecified atom stereocenters. The highest BCUT2D eigenvalue weighted by Crippen LogP contribution is 2.10. The van der Waals surface area contributed by atoms with Crippen molar-refractivity contribution >= 4 is 0 Å². The minimum Gasteiger partial charge on any atom is -0.389 e. The molecule has 0 amide bonds. The molecular weight excluding hydrogens is 168 g/mol. The van der Waals surface area contributed by atoms with Gasteiger partial charge in [-0.25, -0.2) is 0 Å².